The van der Waals surface area contributed by atoms with Gasteiger partial charge in [-0.05, 0) is 31.7 Å². The van der Waals surface area contributed by atoms with Gasteiger partial charge in [-0.15, -0.1) is 0 Å². The van der Waals surface area contributed by atoms with E-state index in [1.165, 1.54) is 6.92 Å². The van der Waals surface area contributed by atoms with Gasteiger partial charge >= 0.3 is 5.97 Å². The van der Waals surface area contributed by atoms with Gasteiger partial charge in [-0.3, -0.25) is 24.2 Å². The molecule has 1 aromatic carbocycles. The van der Waals surface area contributed by atoms with Gasteiger partial charge in [0.2, 0.25) is 17.7 Å². The molecule has 3 unspecified atom stereocenters. The van der Waals surface area contributed by atoms with Crippen LogP contribution in [0.4, 0.5) is 0 Å². The number of guanidine groups is 1. The lowest BCUT2D eigenvalue weighted by Crippen LogP contribution is -2.53. The summed E-state index contributed by atoms with van der Waals surface area (Å²) in [5, 5.41) is 16.0. The van der Waals surface area contributed by atoms with Gasteiger partial charge in [-0.1, -0.05) is 30.3 Å². The van der Waals surface area contributed by atoms with Gasteiger partial charge in [-0.2, -0.15) is 0 Å². The van der Waals surface area contributed by atoms with E-state index in [-0.39, 0.29) is 25.3 Å². The lowest BCUT2D eigenvalue weighted by atomic mass is 10.0. The SMILES string of the molecule is CC(NC(=O)CNC(=O)C(CCCN=C(N)N)NC(=O)C(N)Cc1ccccc1)C(=O)O. The van der Waals surface area contributed by atoms with Gasteiger partial charge in [0.1, 0.15) is 12.1 Å². The van der Waals surface area contributed by atoms with Gasteiger partial charge < -0.3 is 38.3 Å². The first-order valence-corrected chi connectivity index (χ1v) is 10.0. The topological polar surface area (TPSA) is 215 Å². The van der Waals surface area contributed by atoms with Crippen molar-refractivity contribution in [1.29, 1.82) is 0 Å². The zero-order chi connectivity index (χ0) is 24.1. The normalized spacial score (nSPS) is 13.2. The van der Waals surface area contributed by atoms with Crippen molar-refractivity contribution in [3.05, 3.63) is 35.9 Å². The molecule has 12 nitrogen and oxygen atoms in total. The summed E-state index contributed by atoms with van der Waals surface area (Å²) in [6, 6.07) is 6.21. The summed E-state index contributed by atoms with van der Waals surface area (Å²) >= 11 is 0. The van der Waals surface area contributed by atoms with E-state index in [0.717, 1.165) is 5.56 Å². The fourth-order valence-corrected chi connectivity index (χ4v) is 2.66. The molecular formula is C20H31N7O5. The van der Waals surface area contributed by atoms with Crippen LogP contribution >= 0.6 is 0 Å². The molecule has 3 amide bonds. The molecule has 1 aromatic rings. The third-order valence-corrected chi connectivity index (χ3v) is 4.38. The Kier molecular flexibility index (Phi) is 11.2. The van der Waals surface area contributed by atoms with Crippen LogP contribution in [0.2, 0.25) is 0 Å². The lowest BCUT2D eigenvalue weighted by Gasteiger charge is -2.21. The highest BCUT2D eigenvalue weighted by Gasteiger charge is 2.24. The Morgan fingerprint density at radius 3 is 2.31 bits per heavy atom. The molecule has 176 valence electrons. The van der Waals surface area contributed by atoms with Crippen molar-refractivity contribution in [3.8, 4) is 0 Å². The first-order valence-electron chi connectivity index (χ1n) is 10.0. The summed E-state index contributed by atoms with van der Waals surface area (Å²) in [6.45, 7) is 1.09. The number of nitrogens with two attached hydrogens (primary N) is 3. The zero-order valence-corrected chi connectivity index (χ0v) is 17.9. The molecule has 3 atom stereocenters. The molecule has 0 aromatic heterocycles. The average molecular weight is 450 g/mol. The van der Waals surface area contributed by atoms with Crippen molar-refractivity contribution in [2.24, 2.45) is 22.2 Å². The number of hydrogen-bond donors (Lipinski definition) is 7. The van der Waals surface area contributed by atoms with Crippen LogP contribution in [0.15, 0.2) is 35.3 Å². The summed E-state index contributed by atoms with van der Waals surface area (Å²) in [6.07, 6.45) is 0.858. The van der Waals surface area contributed by atoms with E-state index in [0.29, 0.717) is 6.42 Å². The van der Waals surface area contributed by atoms with Crippen LogP contribution in [0.25, 0.3) is 0 Å². The van der Waals surface area contributed by atoms with E-state index in [9.17, 15) is 19.2 Å². The molecule has 10 N–H and O–H groups in total. The summed E-state index contributed by atoms with van der Waals surface area (Å²) in [5.74, 6) is -3.13. The van der Waals surface area contributed by atoms with E-state index in [1.807, 2.05) is 30.3 Å². The summed E-state index contributed by atoms with van der Waals surface area (Å²) < 4.78 is 0. The number of carbonyl (C=O) groups excluding carboxylic acids is 3. The van der Waals surface area contributed by atoms with Crippen LogP contribution < -0.4 is 33.2 Å². The molecule has 12 heteroatoms. The van der Waals surface area contributed by atoms with Crippen molar-refractivity contribution in [3.63, 3.8) is 0 Å². The number of aliphatic imine (C=N–C) groups is 1. The molecule has 0 heterocycles. The smallest absolute Gasteiger partial charge is 0.325 e. The van der Waals surface area contributed by atoms with E-state index < -0.39 is 48.4 Å². The summed E-state index contributed by atoms with van der Waals surface area (Å²) in [7, 11) is 0. The molecule has 0 spiro atoms. The number of rotatable bonds is 13. The summed E-state index contributed by atoms with van der Waals surface area (Å²) in [5.41, 5.74) is 17.4. The van der Waals surface area contributed by atoms with Gasteiger partial charge in [0.25, 0.3) is 0 Å². The number of carboxylic acid groups (broad SMARTS) is 1. The molecule has 1 rings (SSSR count). The Balaban J connectivity index is 2.70. The monoisotopic (exact) mass is 449 g/mol. The predicted octanol–water partition coefficient (Wildman–Crippen LogP) is -2.20. The standard InChI is InChI=1S/C20H31N7O5/c1-12(19(31)32)26-16(28)11-25-18(30)15(8-5-9-24-20(22)23)27-17(29)14(21)10-13-6-3-2-4-7-13/h2-4,6-7,12,14-15H,5,8-11,21H2,1H3,(H,25,30)(H,26,28)(H,27,29)(H,31,32)(H4,22,23,24). The number of nitrogens with zero attached hydrogens (tertiary/aromatic N) is 1. The van der Waals surface area contributed by atoms with E-state index >= 15 is 0 Å². The second kappa shape index (κ2) is 13.6. The molecular weight excluding hydrogens is 418 g/mol. The van der Waals surface area contributed by atoms with E-state index in [4.69, 9.17) is 22.3 Å². The van der Waals surface area contributed by atoms with Gasteiger partial charge in [0.05, 0.1) is 12.6 Å². The highest BCUT2D eigenvalue weighted by atomic mass is 16.4. The van der Waals surface area contributed by atoms with Gasteiger partial charge in [0, 0.05) is 6.54 Å². The highest BCUT2D eigenvalue weighted by Crippen LogP contribution is 2.04. The predicted molar refractivity (Wildman–Crippen MR) is 118 cm³/mol. The number of benzene rings is 1. The zero-order valence-electron chi connectivity index (χ0n) is 17.9. The Labute approximate surface area is 186 Å². The number of carbonyl (C=O) groups is 4. The molecule has 0 fully saturated rings. The van der Waals surface area contributed by atoms with Crippen molar-refractivity contribution in [2.45, 2.75) is 44.3 Å². The molecule has 32 heavy (non-hydrogen) atoms. The number of hydrogen-bond acceptors (Lipinski definition) is 6. The average Bonchev–Trinajstić information content (AvgIpc) is 2.74. The van der Waals surface area contributed by atoms with Crippen LogP contribution in [0.1, 0.15) is 25.3 Å². The summed E-state index contributed by atoms with van der Waals surface area (Å²) in [4.78, 5) is 51.5. The molecule has 0 saturated heterocycles. The molecule has 0 aliphatic carbocycles. The third kappa shape index (κ3) is 10.4. The maximum absolute atomic E-state index is 12.6. The maximum Gasteiger partial charge on any atom is 0.325 e. The van der Waals surface area contributed by atoms with Crippen molar-refractivity contribution < 1.29 is 24.3 Å². The first-order chi connectivity index (χ1) is 15.1. The van der Waals surface area contributed by atoms with Crippen LogP contribution in [0.5, 0.6) is 0 Å². The van der Waals surface area contributed by atoms with Crippen LogP contribution in [-0.4, -0.2) is 66.0 Å². The van der Waals surface area contributed by atoms with E-state index in [1.54, 1.807) is 0 Å². The Morgan fingerprint density at radius 1 is 1.06 bits per heavy atom. The molecule has 0 aliphatic heterocycles. The minimum Gasteiger partial charge on any atom is -0.480 e. The molecule has 0 bridgehead atoms. The largest absolute Gasteiger partial charge is 0.480 e. The second-order valence-corrected chi connectivity index (χ2v) is 7.15. The maximum atomic E-state index is 12.6. The van der Waals surface area contributed by atoms with Gasteiger partial charge in [0.15, 0.2) is 5.96 Å². The Bertz CT molecular complexity index is 812. The number of nitrogens with one attached hydrogen (secondary N) is 3. The van der Waals surface area contributed by atoms with Crippen LogP contribution in [-0.2, 0) is 25.6 Å². The fraction of sp³-hybridized carbons (Fsp3) is 0.450. The highest BCUT2D eigenvalue weighted by molar-refractivity contribution is 5.92. The molecule has 0 radical (unpaired) electrons. The second-order valence-electron chi connectivity index (χ2n) is 7.15. The molecule has 0 saturated carbocycles. The lowest BCUT2D eigenvalue weighted by molar-refractivity contribution is -0.141. The molecule has 0 aliphatic rings. The van der Waals surface area contributed by atoms with Crippen LogP contribution in [0, 0.1) is 0 Å². The van der Waals surface area contributed by atoms with Crippen molar-refractivity contribution >= 4 is 29.7 Å². The fourth-order valence-electron chi connectivity index (χ4n) is 2.66. The number of amides is 3. The van der Waals surface area contributed by atoms with E-state index in [2.05, 4.69) is 20.9 Å². The minimum atomic E-state index is -1.21. The minimum absolute atomic E-state index is 0.0934. The number of aliphatic carboxylic acids is 1. The Hall–Kier alpha value is -3.67. The van der Waals surface area contributed by atoms with Crippen LogP contribution in [0.3, 0.4) is 0 Å². The first kappa shape index (κ1) is 26.4. The quantitative estimate of drug-likeness (QED) is 0.0993. The van der Waals surface area contributed by atoms with Gasteiger partial charge in [-0.25, -0.2) is 0 Å². The third-order valence-electron chi connectivity index (χ3n) is 4.38. The van der Waals surface area contributed by atoms with Crippen molar-refractivity contribution in [2.75, 3.05) is 13.1 Å². The Morgan fingerprint density at radius 2 is 1.72 bits per heavy atom. The number of carboxylic acids is 1. The van der Waals surface area contributed by atoms with Crippen molar-refractivity contribution in [1.82, 2.24) is 16.0 Å².